The molecule has 146 valence electrons. The number of hydrogen-bond acceptors (Lipinski definition) is 5. The normalized spacial score (nSPS) is 15.3. The second-order valence-electron chi connectivity index (χ2n) is 6.76. The zero-order valence-corrected chi connectivity index (χ0v) is 16.2. The first-order valence-electron chi connectivity index (χ1n) is 9.17. The van der Waals surface area contributed by atoms with E-state index in [0.717, 1.165) is 17.7 Å². The van der Waals surface area contributed by atoms with Crippen molar-refractivity contribution in [3.05, 3.63) is 35.4 Å². The molecule has 0 bridgehead atoms. The summed E-state index contributed by atoms with van der Waals surface area (Å²) in [7, 11) is 1.30. The van der Waals surface area contributed by atoms with Crippen LogP contribution in [-0.2, 0) is 14.3 Å². The Bertz CT molecular complexity index is 711. The maximum Gasteiger partial charge on any atom is 0.310 e. The number of benzene rings is 1. The molecule has 1 aromatic rings. The Morgan fingerprint density at radius 3 is 2.15 bits per heavy atom. The molecule has 0 saturated heterocycles. The molecule has 7 heteroatoms. The molecule has 0 fully saturated rings. The van der Waals surface area contributed by atoms with E-state index in [2.05, 4.69) is 0 Å². The fourth-order valence-corrected chi connectivity index (χ4v) is 3.18. The van der Waals surface area contributed by atoms with Gasteiger partial charge in [0.05, 0.1) is 24.2 Å². The predicted molar refractivity (Wildman–Crippen MR) is 99.1 cm³/mol. The third-order valence-corrected chi connectivity index (χ3v) is 4.76. The maximum atomic E-state index is 13.1. The van der Waals surface area contributed by atoms with Gasteiger partial charge in [0.1, 0.15) is 6.04 Å². The summed E-state index contributed by atoms with van der Waals surface area (Å²) >= 11 is 0. The number of carbonyl (C=O) groups excluding carboxylic acids is 4. The monoisotopic (exact) mass is 374 g/mol. The number of hydrogen-bond donors (Lipinski definition) is 0. The van der Waals surface area contributed by atoms with Crippen LogP contribution in [0.3, 0.4) is 0 Å². The van der Waals surface area contributed by atoms with Gasteiger partial charge in [0.15, 0.2) is 0 Å². The van der Waals surface area contributed by atoms with E-state index in [1.807, 2.05) is 6.92 Å². The molecule has 27 heavy (non-hydrogen) atoms. The van der Waals surface area contributed by atoms with Gasteiger partial charge in [-0.05, 0) is 25.5 Å². The summed E-state index contributed by atoms with van der Waals surface area (Å²) < 4.78 is 4.74. The van der Waals surface area contributed by atoms with Crippen molar-refractivity contribution in [3.63, 3.8) is 0 Å². The second-order valence-corrected chi connectivity index (χ2v) is 6.76. The highest BCUT2D eigenvalue weighted by atomic mass is 16.5. The highest BCUT2D eigenvalue weighted by Gasteiger charge is 2.41. The lowest BCUT2D eigenvalue weighted by atomic mass is 10.1. The van der Waals surface area contributed by atoms with E-state index in [-0.39, 0.29) is 12.5 Å². The largest absolute Gasteiger partial charge is 0.469 e. The van der Waals surface area contributed by atoms with Gasteiger partial charge in [0.2, 0.25) is 5.91 Å². The lowest BCUT2D eigenvalue weighted by molar-refractivity contribution is -0.147. The Morgan fingerprint density at radius 1 is 1.11 bits per heavy atom. The maximum absolute atomic E-state index is 13.1. The summed E-state index contributed by atoms with van der Waals surface area (Å²) in [5.41, 5.74) is 0.621. The molecule has 1 aliphatic rings. The summed E-state index contributed by atoms with van der Waals surface area (Å²) in [6.07, 6.45) is 1.63. The Hall–Kier alpha value is -2.70. The fraction of sp³-hybridized carbons (Fsp3) is 0.500. The van der Waals surface area contributed by atoms with Crippen LogP contribution in [0.1, 0.15) is 54.3 Å². The van der Waals surface area contributed by atoms with Crippen LogP contribution >= 0.6 is 0 Å². The molecule has 1 aromatic carbocycles. The number of fused-ring (bicyclic) bond motifs is 1. The Morgan fingerprint density at radius 2 is 1.67 bits per heavy atom. The zero-order valence-electron chi connectivity index (χ0n) is 16.2. The number of nitrogens with zero attached hydrogens (tertiary/aromatic N) is 2. The summed E-state index contributed by atoms with van der Waals surface area (Å²) in [6, 6.07) is 5.60. The molecule has 0 aromatic heterocycles. The summed E-state index contributed by atoms with van der Waals surface area (Å²) in [6.45, 7) is 5.86. The van der Waals surface area contributed by atoms with Crippen molar-refractivity contribution < 1.29 is 23.9 Å². The van der Waals surface area contributed by atoms with Crippen LogP contribution in [-0.4, -0.2) is 59.7 Å². The van der Waals surface area contributed by atoms with E-state index >= 15 is 0 Å². The van der Waals surface area contributed by atoms with Crippen LogP contribution in [0.4, 0.5) is 0 Å². The molecule has 0 aliphatic carbocycles. The van der Waals surface area contributed by atoms with Gasteiger partial charge in [-0.2, -0.15) is 0 Å². The van der Waals surface area contributed by atoms with Gasteiger partial charge in [-0.25, -0.2) is 0 Å². The van der Waals surface area contributed by atoms with Gasteiger partial charge in [-0.3, -0.25) is 24.1 Å². The van der Waals surface area contributed by atoms with Gasteiger partial charge in [-0.1, -0.05) is 32.4 Å². The molecular weight excluding hydrogens is 348 g/mol. The SMILES string of the molecule is CCCCN(CC(C)C(=O)OC)C(=O)C(C)N1C(=O)c2ccccc2C1=O. The first-order chi connectivity index (χ1) is 12.8. The number of amides is 3. The van der Waals surface area contributed by atoms with Crippen molar-refractivity contribution in [3.8, 4) is 0 Å². The Balaban J connectivity index is 2.20. The number of methoxy groups -OCH3 is 1. The van der Waals surface area contributed by atoms with Crippen molar-refractivity contribution in [2.75, 3.05) is 20.2 Å². The van der Waals surface area contributed by atoms with Crippen molar-refractivity contribution in [1.29, 1.82) is 0 Å². The number of rotatable bonds is 8. The molecule has 0 saturated carbocycles. The highest BCUT2D eigenvalue weighted by Crippen LogP contribution is 2.25. The van der Waals surface area contributed by atoms with Gasteiger partial charge < -0.3 is 9.64 Å². The van der Waals surface area contributed by atoms with Crippen LogP contribution in [0, 0.1) is 5.92 Å². The number of carbonyl (C=O) groups is 4. The summed E-state index contributed by atoms with van der Waals surface area (Å²) in [5, 5.41) is 0. The zero-order chi connectivity index (χ0) is 20.1. The minimum absolute atomic E-state index is 0.180. The van der Waals surface area contributed by atoms with E-state index < -0.39 is 29.7 Å². The van der Waals surface area contributed by atoms with Crippen LogP contribution in [0.15, 0.2) is 24.3 Å². The molecule has 2 rings (SSSR count). The first-order valence-corrected chi connectivity index (χ1v) is 9.17. The van der Waals surface area contributed by atoms with Gasteiger partial charge >= 0.3 is 5.97 Å². The number of esters is 1. The van der Waals surface area contributed by atoms with Gasteiger partial charge in [-0.15, -0.1) is 0 Å². The van der Waals surface area contributed by atoms with Crippen LogP contribution in [0.5, 0.6) is 0 Å². The van der Waals surface area contributed by atoms with E-state index in [4.69, 9.17) is 4.74 Å². The third-order valence-electron chi connectivity index (χ3n) is 4.76. The topological polar surface area (TPSA) is 84.0 Å². The lowest BCUT2D eigenvalue weighted by Gasteiger charge is -2.30. The predicted octanol–water partition coefficient (Wildman–Crippen LogP) is 2.11. The van der Waals surface area contributed by atoms with E-state index in [1.165, 1.54) is 7.11 Å². The van der Waals surface area contributed by atoms with Gasteiger partial charge in [0, 0.05) is 13.1 Å². The quantitative estimate of drug-likeness (QED) is 0.514. The minimum Gasteiger partial charge on any atom is -0.469 e. The molecule has 0 radical (unpaired) electrons. The average molecular weight is 374 g/mol. The van der Waals surface area contributed by atoms with Crippen LogP contribution in [0.2, 0.25) is 0 Å². The molecule has 1 heterocycles. The second kappa shape index (κ2) is 8.79. The van der Waals surface area contributed by atoms with Crippen molar-refractivity contribution in [1.82, 2.24) is 9.80 Å². The van der Waals surface area contributed by atoms with Gasteiger partial charge in [0.25, 0.3) is 11.8 Å². The number of imide groups is 1. The van der Waals surface area contributed by atoms with Crippen LogP contribution < -0.4 is 0 Å². The smallest absolute Gasteiger partial charge is 0.310 e. The van der Waals surface area contributed by atoms with Crippen LogP contribution in [0.25, 0.3) is 0 Å². The van der Waals surface area contributed by atoms with E-state index in [9.17, 15) is 19.2 Å². The number of ether oxygens (including phenoxy) is 1. The summed E-state index contributed by atoms with van der Waals surface area (Å²) in [4.78, 5) is 52.6. The number of unbranched alkanes of at least 4 members (excludes halogenated alkanes) is 1. The lowest BCUT2D eigenvalue weighted by Crippen LogP contribution is -2.51. The molecule has 2 atom stereocenters. The Kier molecular flexibility index (Phi) is 6.71. The minimum atomic E-state index is -0.945. The van der Waals surface area contributed by atoms with E-state index in [1.54, 1.807) is 43.0 Å². The molecule has 7 nitrogen and oxygen atoms in total. The molecule has 0 spiro atoms. The van der Waals surface area contributed by atoms with E-state index in [0.29, 0.717) is 17.7 Å². The molecule has 0 N–H and O–H groups in total. The molecule has 1 aliphatic heterocycles. The average Bonchev–Trinajstić information content (AvgIpc) is 2.93. The third kappa shape index (κ3) is 4.18. The molecular formula is C20H26N2O5. The summed E-state index contributed by atoms with van der Waals surface area (Å²) in [5.74, 6) is -2.18. The van der Waals surface area contributed by atoms with Crippen molar-refractivity contribution >= 4 is 23.7 Å². The fourth-order valence-electron chi connectivity index (χ4n) is 3.18. The highest BCUT2D eigenvalue weighted by molar-refractivity contribution is 6.22. The molecule has 3 amide bonds. The molecule has 2 unspecified atom stereocenters. The van der Waals surface area contributed by atoms with Crippen molar-refractivity contribution in [2.45, 2.75) is 39.7 Å². The van der Waals surface area contributed by atoms with Crippen molar-refractivity contribution in [2.24, 2.45) is 5.92 Å². The first kappa shape index (κ1) is 20.6. The Labute approximate surface area is 159 Å². The standard InChI is InChI=1S/C20H26N2O5/c1-5-6-11-21(12-13(2)20(26)27-4)17(23)14(3)22-18(24)15-9-7-8-10-16(15)19(22)25/h7-10,13-14H,5-6,11-12H2,1-4H3.